The van der Waals surface area contributed by atoms with Crippen molar-refractivity contribution < 1.29 is 9.47 Å². The minimum absolute atomic E-state index is 0.602. The maximum Gasteiger partial charge on any atom is 0.164 e. The fraction of sp³-hybridized carbons (Fsp3) is 0.625. The van der Waals surface area contributed by atoms with Gasteiger partial charge in [0.2, 0.25) is 0 Å². The van der Waals surface area contributed by atoms with Crippen LogP contribution in [0.15, 0.2) is 18.2 Å². The molecule has 2 aliphatic rings. The highest BCUT2D eigenvalue weighted by molar-refractivity contribution is 5.48. The van der Waals surface area contributed by atoms with Crippen LogP contribution in [0.2, 0.25) is 0 Å². The predicted octanol–water partition coefficient (Wildman–Crippen LogP) is 2.95. The second-order valence-corrected chi connectivity index (χ2v) is 5.66. The van der Waals surface area contributed by atoms with Crippen LogP contribution in [0, 0.1) is 5.92 Å². The van der Waals surface area contributed by atoms with E-state index >= 15 is 0 Å². The smallest absolute Gasteiger partial charge is 0.164 e. The number of nitrogens with one attached hydrogen (secondary N) is 1. The molecule has 0 spiro atoms. The van der Waals surface area contributed by atoms with Crippen LogP contribution < -0.4 is 14.8 Å². The molecule has 0 amide bonds. The first kappa shape index (κ1) is 12.8. The molecule has 104 valence electrons. The Morgan fingerprint density at radius 3 is 2.63 bits per heavy atom. The van der Waals surface area contributed by atoms with Gasteiger partial charge in [-0.05, 0) is 56.7 Å². The standard InChI is InChI=1S/C16H23NO2/c1-18-15-4-2-3-14(13-7-9-17-10-8-13)16(15)19-11-12-5-6-12/h2-4,12-13,17H,5-11H2,1H3. The lowest BCUT2D eigenvalue weighted by molar-refractivity contribution is 0.273. The van der Waals surface area contributed by atoms with Crippen molar-refractivity contribution >= 4 is 0 Å². The first-order valence-electron chi connectivity index (χ1n) is 7.39. The number of ether oxygens (including phenoxy) is 2. The lowest BCUT2D eigenvalue weighted by atomic mass is 9.89. The Morgan fingerprint density at radius 1 is 1.16 bits per heavy atom. The molecule has 0 aromatic heterocycles. The van der Waals surface area contributed by atoms with Gasteiger partial charge in [-0.3, -0.25) is 0 Å². The number of hydrogen-bond acceptors (Lipinski definition) is 3. The van der Waals surface area contributed by atoms with Gasteiger partial charge in [-0.1, -0.05) is 12.1 Å². The summed E-state index contributed by atoms with van der Waals surface area (Å²) in [6.07, 6.45) is 5.01. The van der Waals surface area contributed by atoms with E-state index in [4.69, 9.17) is 9.47 Å². The van der Waals surface area contributed by atoms with Crippen LogP contribution in [-0.4, -0.2) is 26.8 Å². The third kappa shape index (κ3) is 3.03. The summed E-state index contributed by atoms with van der Waals surface area (Å²) in [7, 11) is 1.73. The summed E-state index contributed by atoms with van der Waals surface area (Å²) in [5, 5.41) is 3.42. The SMILES string of the molecule is COc1cccc(C2CCNCC2)c1OCC1CC1. The summed E-state index contributed by atoms with van der Waals surface area (Å²) in [5.41, 5.74) is 1.33. The topological polar surface area (TPSA) is 30.5 Å². The molecule has 1 aliphatic carbocycles. The van der Waals surface area contributed by atoms with Crippen molar-refractivity contribution in [3.63, 3.8) is 0 Å². The lowest BCUT2D eigenvalue weighted by Gasteiger charge is -2.25. The normalized spacial score (nSPS) is 20.3. The monoisotopic (exact) mass is 261 g/mol. The second kappa shape index (κ2) is 5.83. The van der Waals surface area contributed by atoms with Gasteiger partial charge in [0, 0.05) is 5.56 Å². The van der Waals surface area contributed by atoms with Gasteiger partial charge in [-0.2, -0.15) is 0 Å². The van der Waals surface area contributed by atoms with Crippen LogP contribution in [-0.2, 0) is 0 Å². The molecule has 3 nitrogen and oxygen atoms in total. The molecule has 1 heterocycles. The molecule has 1 aromatic carbocycles. The lowest BCUT2D eigenvalue weighted by Crippen LogP contribution is -2.27. The predicted molar refractivity (Wildman–Crippen MR) is 76.1 cm³/mol. The van der Waals surface area contributed by atoms with E-state index in [1.165, 1.54) is 31.2 Å². The number of para-hydroxylation sites is 1. The average Bonchev–Trinajstić information content (AvgIpc) is 3.30. The van der Waals surface area contributed by atoms with E-state index in [-0.39, 0.29) is 0 Å². The Balaban J connectivity index is 1.82. The van der Waals surface area contributed by atoms with Gasteiger partial charge >= 0.3 is 0 Å². The first-order valence-corrected chi connectivity index (χ1v) is 7.39. The molecule has 1 aliphatic heterocycles. The maximum atomic E-state index is 6.09. The molecular weight excluding hydrogens is 238 g/mol. The molecule has 1 aromatic rings. The van der Waals surface area contributed by atoms with Crippen molar-refractivity contribution in [1.29, 1.82) is 0 Å². The molecule has 1 saturated carbocycles. The fourth-order valence-corrected chi connectivity index (χ4v) is 2.79. The van der Waals surface area contributed by atoms with Crippen molar-refractivity contribution in [2.45, 2.75) is 31.6 Å². The fourth-order valence-electron chi connectivity index (χ4n) is 2.79. The third-order valence-corrected chi connectivity index (χ3v) is 4.17. The third-order valence-electron chi connectivity index (χ3n) is 4.17. The second-order valence-electron chi connectivity index (χ2n) is 5.66. The van der Waals surface area contributed by atoms with E-state index in [2.05, 4.69) is 17.4 Å². The van der Waals surface area contributed by atoms with Gasteiger partial charge in [0.15, 0.2) is 11.5 Å². The Hall–Kier alpha value is -1.22. The summed E-state index contributed by atoms with van der Waals surface area (Å²) in [6.45, 7) is 3.05. The maximum absolute atomic E-state index is 6.09. The van der Waals surface area contributed by atoms with Crippen LogP contribution in [0.5, 0.6) is 11.5 Å². The molecule has 1 saturated heterocycles. The molecule has 1 N–H and O–H groups in total. The molecule has 19 heavy (non-hydrogen) atoms. The van der Waals surface area contributed by atoms with Gasteiger partial charge in [0.05, 0.1) is 13.7 Å². The number of methoxy groups -OCH3 is 1. The summed E-state index contributed by atoms with van der Waals surface area (Å²) in [5.74, 6) is 3.25. The van der Waals surface area contributed by atoms with E-state index < -0.39 is 0 Å². The number of hydrogen-bond donors (Lipinski definition) is 1. The first-order chi connectivity index (χ1) is 9.38. The van der Waals surface area contributed by atoms with Crippen molar-refractivity contribution in [1.82, 2.24) is 5.32 Å². The minimum Gasteiger partial charge on any atom is -0.493 e. The number of benzene rings is 1. The van der Waals surface area contributed by atoms with Gasteiger partial charge in [0.25, 0.3) is 0 Å². The van der Waals surface area contributed by atoms with Crippen molar-refractivity contribution in [2.24, 2.45) is 5.92 Å². The number of piperidine rings is 1. The van der Waals surface area contributed by atoms with Crippen LogP contribution in [0.25, 0.3) is 0 Å². The van der Waals surface area contributed by atoms with Gasteiger partial charge in [-0.15, -0.1) is 0 Å². The van der Waals surface area contributed by atoms with E-state index in [1.54, 1.807) is 7.11 Å². The molecule has 0 radical (unpaired) electrons. The van der Waals surface area contributed by atoms with E-state index in [0.717, 1.165) is 37.1 Å². The number of rotatable bonds is 5. The van der Waals surface area contributed by atoms with Crippen molar-refractivity contribution in [2.75, 3.05) is 26.8 Å². The van der Waals surface area contributed by atoms with Gasteiger partial charge in [0.1, 0.15) is 0 Å². The molecule has 3 rings (SSSR count). The highest BCUT2D eigenvalue weighted by atomic mass is 16.5. The van der Waals surface area contributed by atoms with Crippen LogP contribution in [0.4, 0.5) is 0 Å². The molecular formula is C16H23NO2. The highest BCUT2D eigenvalue weighted by Gasteiger charge is 2.25. The molecule has 0 atom stereocenters. The van der Waals surface area contributed by atoms with Crippen LogP contribution in [0.1, 0.15) is 37.2 Å². The van der Waals surface area contributed by atoms with Crippen LogP contribution in [0.3, 0.4) is 0 Å². The van der Waals surface area contributed by atoms with Crippen LogP contribution >= 0.6 is 0 Å². The zero-order valence-corrected chi connectivity index (χ0v) is 11.7. The Kier molecular flexibility index (Phi) is 3.92. The van der Waals surface area contributed by atoms with E-state index in [1.807, 2.05) is 6.07 Å². The quantitative estimate of drug-likeness (QED) is 0.884. The Labute approximate surface area is 115 Å². The molecule has 3 heteroatoms. The Bertz CT molecular complexity index is 423. The van der Waals surface area contributed by atoms with Crippen molar-refractivity contribution in [3.05, 3.63) is 23.8 Å². The average molecular weight is 261 g/mol. The molecule has 2 fully saturated rings. The van der Waals surface area contributed by atoms with E-state index in [0.29, 0.717) is 5.92 Å². The van der Waals surface area contributed by atoms with Gasteiger partial charge < -0.3 is 14.8 Å². The summed E-state index contributed by atoms with van der Waals surface area (Å²) >= 11 is 0. The summed E-state index contributed by atoms with van der Waals surface area (Å²) < 4.78 is 11.6. The van der Waals surface area contributed by atoms with Crippen molar-refractivity contribution in [3.8, 4) is 11.5 Å². The minimum atomic E-state index is 0.602. The molecule has 0 unspecified atom stereocenters. The molecule has 0 bridgehead atoms. The summed E-state index contributed by atoms with van der Waals surface area (Å²) in [4.78, 5) is 0. The van der Waals surface area contributed by atoms with Gasteiger partial charge in [-0.25, -0.2) is 0 Å². The zero-order valence-electron chi connectivity index (χ0n) is 11.7. The van der Waals surface area contributed by atoms with E-state index in [9.17, 15) is 0 Å². The highest BCUT2D eigenvalue weighted by Crippen LogP contribution is 2.40. The zero-order chi connectivity index (χ0) is 13.1. The summed E-state index contributed by atoms with van der Waals surface area (Å²) in [6, 6.07) is 6.30. The Morgan fingerprint density at radius 2 is 1.95 bits per heavy atom. The largest absolute Gasteiger partial charge is 0.493 e.